The van der Waals surface area contributed by atoms with Gasteiger partial charge in [-0.1, -0.05) is 43.5 Å². The number of ether oxygens (including phenoxy) is 7. The van der Waals surface area contributed by atoms with Crippen LogP contribution in [0, 0.1) is 5.92 Å². The van der Waals surface area contributed by atoms with E-state index in [0.717, 1.165) is 61.8 Å². The highest BCUT2D eigenvalue weighted by atomic mass is 16.6. The van der Waals surface area contributed by atoms with Gasteiger partial charge in [-0.2, -0.15) is 0 Å². The summed E-state index contributed by atoms with van der Waals surface area (Å²) in [4.78, 5) is 30.6. The van der Waals surface area contributed by atoms with Crippen LogP contribution in [0.1, 0.15) is 81.8 Å². The molecule has 4 atom stereocenters. The predicted octanol–water partition coefficient (Wildman–Crippen LogP) is 7.43. The molecule has 4 rings (SSSR count). The summed E-state index contributed by atoms with van der Waals surface area (Å²) in [6.07, 6.45) is 10.3. The number of piperidine rings is 1. The first-order chi connectivity index (χ1) is 24.8. The molecule has 0 spiro atoms. The van der Waals surface area contributed by atoms with Crippen molar-refractivity contribution >= 4 is 11.9 Å². The fraction of sp³-hybridized carbons (Fsp3) is 0.561. The molecule has 280 valence electrons. The summed E-state index contributed by atoms with van der Waals surface area (Å²) in [6.45, 7) is 11.3. The SMILES string of the molecule is C=CCOC[C@H](C)Oc1cc([C@@H](C(=O)N2CCCC[C@H]2C(=O)O[C@@H](CC=C)COCc2ccc(OC)cc2)C2CCCCC2)cc(OC)c1OC. The number of carbonyl (C=O) groups is 2. The Bertz CT molecular complexity index is 1400. The third kappa shape index (κ3) is 11.2. The second-order valence-electron chi connectivity index (χ2n) is 13.4. The molecule has 1 heterocycles. The number of methoxy groups -OCH3 is 3. The molecule has 10 heteroatoms. The van der Waals surface area contributed by atoms with Crippen molar-refractivity contribution in [2.24, 2.45) is 5.92 Å². The van der Waals surface area contributed by atoms with Crippen LogP contribution in [0.3, 0.4) is 0 Å². The summed E-state index contributed by atoms with van der Waals surface area (Å²) in [5.74, 6) is 1.31. The molecule has 0 aromatic heterocycles. The number of carbonyl (C=O) groups excluding carboxylic acids is 2. The molecule has 0 radical (unpaired) electrons. The highest BCUT2D eigenvalue weighted by molar-refractivity contribution is 5.89. The van der Waals surface area contributed by atoms with Crippen LogP contribution in [0.25, 0.3) is 0 Å². The molecule has 2 aliphatic rings. The molecule has 0 unspecified atom stereocenters. The van der Waals surface area contributed by atoms with Gasteiger partial charge < -0.3 is 38.1 Å². The zero-order valence-corrected chi connectivity index (χ0v) is 30.9. The zero-order chi connectivity index (χ0) is 36.6. The van der Waals surface area contributed by atoms with E-state index in [0.29, 0.717) is 56.5 Å². The van der Waals surface area contributed by atoms with Crippen molar-refractivity contribution in [2.45, 2.75) is 95.5 Å². The van der Waals surface area contributed by atoms with Gasteiger partial charge in [0.25, 0.3) is 0 Å². The topological polar surface area (TPSA) is 102 Å². The first-order valence-electron chi connectivity index (χ1n) is 18.3. The van der Waals surface area contributed by atoms with Crippen LogP contribution in [0.15, 0.2) is 61.7 Å². The maximum Gasteiger partial charge on any atom is 0.329 e. The van der Waals surface area contributed by atoms with Crippen molar-refractivity contribution in [3.63, 3.8) is 0 Å². The Morgan fingerprint density at radius 2 is 1.59 bits per heavy atom. The van der Waals surface area contributed by atoms with Gasteiger partial charge in [-0.25, -0.2) is 4.79 Å². The van der Waals surface area contributed by atoms with Crippen molar-refractivity contribution in [3.05, 3.63) is 72.8 Å². The number of rotatable bonds is 20. The maximum absolute atomic E-state index is 14.9. The molecule has 1 saturated carbocycles. The fourth-order valence-corrected chi connectivity index (χ4v) is 7.10. The van der Waals surface area contributed by atoms with Gasteiger partial charge in [-0.15, -0.1) is 13.2 Å². The van der Waals surface area contributed by atoms with Gasteiger partial charge in [-0.05, 0) is 80.3 Å². The Labute approximate surface area is 304 Å². The molecule has 0 bridgehead atoms. The van der Waals surface area contributed by atoms with Crippen LogP contribution in [0.2, 0.25) is 0 Å². The number of nitrogens with zero attached hydrogens (tertiary/aromatic N) is 1. The number of hydrogen-bond acceptors (Lipinski definition) is 9. The Hall–Kier alpha value is -4.02. The third-order valence-electron chi connectivity index (χ3n) is 9.63. The van der Waals surface area contributed by atoms with E-state index in [2.05, 4.69) is 13.2 Å². The molecule has 1 aliphatic heterocycles. The Kier molecular flexibility index (Phi) is 16.2. The van der Waals surface area contributed by atoms with Gasteiger partial charge in [0.2, 0.25) is 11.7 Å². The molecule has 2 fully saturated rings. The van der Waals surface area contributed by atoms with Crippen LogP contribution in [-0.4, -0.2) is 82.7 Å². The number of hydrogen-bond donors (Lipinski definition) is 0. The minimum absolute atomic E-state index is 0.0693. The minimum Gasteiger partial charge on any atom is -0.497 e. The molecule has 1 amide bonds. The molecule has 0 N–H and O–H groups in total. The molecular formula is C41H57NO9. The summed E-state index contributed by atoms with van der Waals surface area (Å²) in [7, 11) is 4.78. The zero-order valence-electron chi connectivity index (χ0n) is 30.9. The van der Waals surface area contributed by atoms with E-state index in [9.17, 15) is 9.59 Å². The second-order valence-corrected chi connectivity index (χ2v) is 13.4. The minimum atomic E-state index is -0.691. The van der Waals surface area contributed by atoms with Gasteiger partial charge in [0.15, 0.2) is 11.5 Å². The molecule has 1 aliphatic carbocycles. The Morgan fingerprint density at radius 1 is 0.863 bits per heavy atom. The molecule has 2 aromatic rings. The molecule has 10 nitrogen and oxygen atoms in total. The molecule has 51 heavy (non-hydrogen) atoms. The van der Waals surface area contributed by atoms with E-state index in [1.807, 2.05) is 43.3 Å². The summed E-state index contributed by atoms with van der Waals surface area (Å²) in [5.41, 5.74) is 1.77. The van der Waals surface area contributed by atoms with Crippen molar-refractivity contribution in [2.75, 3.05) is 47.7 Å². The standard InChI is InChI=1S/C41H57NO9/c1-7-14-34(28-49-27-30-18-20-33(45-4)21-19-30)51-41(44)35-17-12-13-22-42(35)40(43)38(31-15-10-9-11-16-31)32-24-36(46-5)39(47-6)37(25-32)50-29(3)26-48-23-8-2/h7-8,18-21,24-25,29,31,34-35,38H,1-2,9-17,22-23,26-28H2,3-6H3/t29-,34-,35-,38-/m0/s1. The van der Waals surface area contributed by atoms with E-state index in [1.54, 1.807) is 38.4 Å². The van der Waals surface area contributed by atoms with E-state index < -0.39 is 24.0 Å². The van der Waals surface area contributed by atoms with Crippen molar-refractivity contribution in [1.29, 1.82) is 0 Å². The number of esters is 1. The largest absolute Gasteiger partial charge is 0.497 e. The average Bonchev–Trinajstić information content (AvgIpc) is 3.15. The summed E-state index contributed by atoms with van der Waals surface area (Å²) in [5, 5.41) is 0. The lowest BCUT2D eigenvalue weighted by molar-refractivity contribution is -0.164. The smallest absolute Gasteiger partial charge is 0.329 e. The molecule has 1 saturated heterocycles. The van der Waals surface area contributed by atoms with Crippen molar-refractivity contribution < 1.29 is 42.7 Å². The lowest BCUT2D eigenvalue weighted by atomic mass is 9.75. The number of amides is 1. The molecule has 2 aromatic carbocycles. The van der Waals surface area contributed by atoms with Gasteiger partial charge in [0.05, 0.1) is 53.7 Å². The molecular weight excluding hydrogens is 650 g/mol. The van der Waals surface area contributed by atoms with Crippen LogP contribution in [0.4, 0.5) is 0 Å². The second kappa shape index (κ2) is 20.7. The number of likely N-dealkylation sites (tertiary alicyclic amines) is 1. The average molecular weight is 708 g/mol. The highest BCUT2D eigenvalue weighted by Gasteiger charge is 2.41. The Morgan fingerprint density at radius 3 is 2.25 bits per heavy atom. The van der Waals surface area contributed by atoms with Gasteiger partial charge in [0.1, 0.15) is 24.0 Å². The first-order valence-corrected chi connectivity index (χ1v) is 18.3. The Balaban J connectivity index is 1.56. The van der Waals surface area contributed by atoms with E-state index in [4.69, 9.17) is 33.2 Å². The van der Waals surface area contributed by atoms with Crippen molar-refractivity contribution in [3.8, 4) is 23.0 Å². The van der Waals surface area contributed by atoms with Crippen LogP contribution < -0.4 is 18.9 Å². The summed E-state index contributed by atoms with van der Waals surface area (Å²) < 4.78 is 40.7. The normalized spacial score (nSPS) is 18.2. The number of benzene rings is 2. The van der Waals surface area contributed by atoms with Crippen LogP contribution >= 0.6 is 0 Å². The van der Waals surface area contributed by atoms with Crippen LogP contribution in [0.5, 0.6) is 23.0 Å². The quantitative estimate of drug-likeness (QED) is 0.0790. The maximum atomic E-state index is 14.9. The monoisotopic (exact) mass is 707 g/mol. The lowest BCUT2D eigenvalue weighted by Gasteiger charge is -2.39. The van der Waals surface area contributed by atoms with Gasteiger partial charge in [-0.3, -0.25) is 4.79 Å². The summed E-state index contributed by atoms with van der Waals surface area (Å²) in [6, 6.07) is 10.7. The van der Waals surface area contributed by atoms with Crippen LogP contribution in [-0.2, 0) is 30.4 Å². The predicted molar refractivity (Wildman–Crippen MR) is 197 cm³/mol. The third-order valence-corrected chi connectivity index (χ3v) is 9.63. The van der Waals surface area contributed by atoms with Gasteiger partial charge >= 0.3 is 5.97 Å². The van der Waals surface area contributed by atoms with E-state index in [1.165, 1.54) is 0 Å². The van der Waals surface area contributed by atoms with E-state index >= 15 is 0 Å². The van der Waals surface area contributed by atoms with E-state index in [-0.39, 0.29) is 24.5 Å². The van der Waals surface area contributed by atoms with Crippen molar-refractivity contribution in [1.82, 2.24) is 4.90 Å². The highest BCUT2D eigenvalue weighted by Crippen LogP contribution is 2.45. The van der Waals surface area contributed by atoms with Gasteiger partial charge in [0, 0.05) is 13.0 Å². The summed E-state index contributed by atoms with van der Waals surface area (Å²) >= 11 is 0. The first kappa shape index (κ1) is 39.8. The lowest BCUT2D eigenvalue weighted by Crippen LogP contribution is -2.52. The fourth-order valence-electron chi connectivity index (χ4n) is 7.10.